The Morgan fingerprint density at radius 1 is 0.825 bits per heavy atom. The molecule has 0 aliphatic rings. The summed E-state index contributed by atoms with van der Waals surface area (Å²) in [5.41, 5.74) is 1.44. The van der Waals surface area contributed by atoms with E-state index in [1.807, 2.05) is 32.0 Å². The predicted octanol–water partition coefficient (Wildman–Crippen LogP) is 0.794. The van der Waals surface area contributed by atoms with Crippen LogP contribution in [0.5, 0.6) is 5.75 Å². The van der Waals surface area contributed by atoms with E-state index >= 15 is 0 Å². The maximum absolute atomic E-state index is 13.6. The first-order chi connectivity index (χ1) is 19.1. The minimum atomic E-state index is -1.78. The molecule has 0 saturated carbocycles. The lowest BCUT2D eigenvalue weighted by Gasteiger charge is -2.26. The molecule has 3 aromatic rings. The van der Waals surface area contributed by atoms with E-state index < -0.39 is 42.9 Å². The van der Waals surface area contributed by atoms with Gasteiger partial charge in [0, 0.05) is 25.2 Å². The van der Waals surface area contributed by atoms with Gasteiger partial charge in [-0.15, -0.1) is 0 Å². The topological polar surface area (TPSA) is 174 Å². The third-order valence-corrected chi connectivity index (χ3v) is 6.12. The zero-order valence-corrected chi connectivity index (χ0v) is 22.4. The summed E-state index contributed by atoms with van der Waals surface area (Å²) in [7, 11) is -1.78. The van der Waals surface area contributed by atoms with Crippen molar-refractivity contribution in [1.82, 2.24) is 25.9 Å². The molecule has 2 aromatic carbocycles. The van der Waals surface area contributed by atoms with Crippen LogP contribution < -0.4 is 16.0 Å². The Balaban J connectivity index is 1.85. The molecule has 0 fully saturated rings. The average molecular weight is 547 g/mol. The molecule has 0 unspecified atom stereocenters. The van der Waals surface area contributed by atoms with Crippen molar-refractivity contribution in [3.05, 3.63) is 90.0 Å². The highest BCUT2D eigenvalue weighted by atomic mass is 16.4. The van der Waals surface area contributed by atoms with E-state index in [4.69, 9.17) is 0 Å². The second-order valence-electron chi connectivity index (χ2n) is 9.90. The molecule has 12 heteroatoms. The van der Waals surface area contributed by atoms with Gasteiger partial charge in [-0.2, -0.15) is 0 Å². The quantitative estimate of drug-likeness (QED) is 0.170. The molecular formula is C28H34BN5O6. The van der Waals surface area contributed by atoms with Gasteiger partial charge >= 0.3 is 7.12 Å². The highest BCUT2D eigenvalue weighted by molar-refractivity contribution is 6.43. The fraction of sp³-hybridized carbons (Fsp3) is 0.321. The van der Waals surface area contributed by atoms with Crippen LogP contribution in [0.4, 0.5) is 0 Å². The van der Waals surface area contributed by atoms with Crippen molar-refractivity contribution in [3.63, 3.8) is 0 Å². The molecule has 40 heavy (non-hydrogen) atoms. The summed E-state index contributed by atoms with van der Waals surface area (Å²) in [6.45, 7) is 3.77. The standard InChI is InChI=1S/C28H34BN5O6/c1-18(2)14-25(29(39)40)34-27(37)23(15-19-6-4-3-5-7-19)32-26(36)22(16-20-8-10-21(35)11-9-20)33-28(38)24-17-30-12-13-31-24/h3-13,17-18,22-23,25,35,39-40H,14-16H2,1-2H3,(H,32,36)(H,33,38)(H,34,37)/t22-,23-,25-/m0/s1. The zero-order valence-electron chi connectivity index (χ0n) is 22.4. The van der Waals surface area contributed by atoms with Gasteiger partial charge < -0.3 is 31.1 Å². The van der Waals surface area contributed by atoms with E-state index in [1.165, 1.54) is 30.7 Å². The van der Waals surface area contributed by atoms with Crippen molar-refractivity contribution < 1.29 is 29.5 Å². The molecule has 11 nitrogen and oxygen atoms in total. The number of carbonyl (C=O) groups is 3. The van der Waals surface area contributed by atoms with Crippen LogP contribution in [0.2, 0.25) is 0 Å². The summed E-state index contributed by atoms with van der Waals surface area (Å²) < 4.78 is 0. The van der Waals surface area contributed by atoms with Gasteiger partial charge in [0.2, 0.25) is 11.8 Å². The molecule has 3 rings (SSSR count). The molecule has 0 aliphatic heterocycles. The molecule has 0 radical (unpaired) electrons. The third kappa shape index (κ3) is 9.47. The van der Waals surface area contributed by atoms with Gasteiger partial charge in [-0.1, -0.05) is 56.3 Å². The van der Waals surface area contributed by atoms with Gasteiger partial charge in [-0.05, 0) is 35.6 Å². The maximum atomic E-state index is 13.6. The SMILES string of the molecule is CC(C)C[C@H](NC(=O)[C@H](Cc1ccccc1)NC(=O)[C@H](Cc1ccc(O)cc1)NC(=O)c1cnccn1)B(O)O. The maximum Gasteiger partial charge on any atom is 0.475 e. The molecule has 3 amide bonds. The molecule has 6 N–H and O–H groups in total. The molecule has 0 spiro atoms. The number of nitrogens with one attached hydrogen (secondary N) is 3. The number of carbonyl (C=O) groups excluding carboxylic acids is 3. The van der Waals surface area contributed by atoms with Crippen molar-refractivity contribution in [1.29, 1.82) is 0 Å². The molecule has 0 saturated heterocycles. The number of rotatable bonds is 13. The van der Waals surface area contributed by atoms with Crippen LogP contribution in [0.25, 0.3) is 0 Å². The number of nitrogens with zero attached hydrogens (tertiary/aromatic N) is 2. The van der Waals surface area contributed by atoms with Gasteiger partial charge in [0.1, 0.15) is 23.5 Å². The molecule has 0 aliphatic carbocycles. The summed E-state index contributed by atoms with van der Waals surface area (Å²) in [5.74, 6) is -2.68. The van der Waals surface area contributed by atoms with Gasteiger partial charge in [-0.3, -0.25) is 19.4 Å². The molecule has 3 atom stereocenters. The Morgan fingerprint density at radius 2 is 1.43 bits per heavy atom. The number of aromatic hydroxyl groups is 1. The molecule has 210 valence electrons. The van der Waals surface area contributed by atoms with E-state index in [0.29, 0.717) is 12.0 Å². The van der Waals surface area contributed by atoms with Crippen LogP contribution in [0.1, 0.15) is 41.9 Å². The Labute approximate surface area is 233 Å². The monoisotopic (exact) mass is 547 g/mol. The minimum Gasteiger partial charge on any atom is -0.508 e. The van der Waals surface area contributed by atoms with Gasteiger partial charge in [-0.25, -0.2) is 4.98 Å². The summed E-state index contributed by atoms with van der Waals surface area (Å²) in [6.07, 6.45) is 4.54. The average Bonchev–Trinajstić information content (AvgIpc) is 2.93. The smallest absolute Gasteiger partial charge is 0.475 e. The predicted molar refractivity (Wildman–Crippen MR) is 149 cm³/mol. The van der Waals surface area contributed by atoms with Crippen LogP contribution in [-0.2, 0) is 22.4 Å². The number of aromatic nitrogens is 2. The van der Waals surface area contributed by atoms with Crippen LogP contribution in [0, 0.1) is 5.92 Å². The first-order valence-electron chi connectivity index (χ1n) is 13.0. The van der Waals surface area contributed by atoms with E-state index in [9.17, 15) is 29.5 Å². The van der Waals surface area contributed by atoms with Gasteiger partial charge in [0.05, 0.1) is 12.1 Å². The van der Waals surface area contributed by atoms with Crippen molar-refractivity contribution in [2.75, 3.05) is 0 Å². The van der Waals surface area contributed by atoms with Crippen LogP contribution in [0.3, 0.4) is 0 Å². The summed E-state index contributed by atoms with van der Waals surface area (Å²) in [4.78, 5) is 47.7. The second kappa shape index (κ2) is 14.8. The van der Waals surface area contributed by atoms with E-state index in [1.54, 1.807) is 24.3 Å². The fourth-order valence-corrected chi connectivity index (χ4v) is 4.10. The fourth-order valence-electron chi connectivity index (χ4n) is 4.10. The third-order valence-electron chi connectivity index (χ3n) is 6.12. The van der Waals surface area contributed by atoms with Crippen molar-refractivity contribution in [3.8, 4) is 5.75 Å². The Kier molecular flexibility index (Phi) is 11.2. The zero-order chi connectivity index (χ0) is 29.1. The van der Waals surface area contributed by atoms with Crippen molar-refractivity contribution >= 4 is 24.8 Å². The Bertz CT molecular complexity index is 1250. The number of hydrogen-bond acceptors (Lipinski definition) is 8. The number of benzene rings is 2. The molecule has 1 heterocycles. The summed E-state index contributed by atoms with van der Waals surface area (Å²) in [5, 5.41) is 37.3. The van der Waals surface area contributed by atoms with E-state index in [0.717, 1.165) is 5.56 Å². The number of hydrogen-bond donors (Lipinski definition) is 6. The normalized spacial score (nSPS) is 13.1. The Hall–Kier alpha value is -4.29. The van der Waals surface area contributed by atoms with Crippen LogP contribution in [0.15, 0.2) is 73.2 Å². The van der Waals surface area contributed by atoms with Crippen LogP contribution >= 0.6 is 0 Å². The lowest BCUT2D eigenvalue weighted by Crippen LogP contribution is -2.58. The van der Waals surface area contributed by atoms with Crippen LogP contribution in [-0.4, -0.2) is 68.0 Å². The first-order valence-corrected chi connectivity index (χ1v) is 13.0. The molecule has 1 aromatic heterocycles. The van der Waals surface area contributed by atoms with Gasteiger partial charge in [0.25, 0.3) is 5.91 Å². The largest absolute Gasteiger partial charge is 0.508 e. The van der Waals surface area contributed by atoms with Gasteiger partial charge in [0.15, 0.2) is 0 Å². The minimum absolute atomic E-state index is 0.0121. The summed E-state index contributed by atoms with van der Waals surface area (Å²) >= 11 is 0. The number of phenolic OH excluding ortho intramolecular Hbond substituents is 1. The van der Waals surface area contributed by atoms with E-state index in [2.05, 4.69) is 25.9 Å². The lowest BCUT2D eigenvalue weighted by molar-refractivity contribution is -0.130. The van der Waals surface area contributed by atoms with Crippen molar-refractivity contribution in [2.45, 2.75) is 51.1 Å². The van der Waals surface area contributed by atoms with Crippen molar-refractivity contribution in [2.24, 2.45) is 5.92 Å². The first kappa shape index (κ1) is 30.3. The van der Waals surface area contributed by atoms with E-state index in [-0.39, 0.29) is 30.2 Å². The molecule has 0 bridgehead atoms. The number of amides is 3. The number of phenols is 1. The lowest BCUT2D eigenvalue weighted by atomic mass is 9.75. The summed E-state index contributed by atoms with van der Waals surface area (Å²) in [6, 6.07) is 13.0. The second-order valence-corrected chi connectivity index (χ2v) is 9.90. The molecular weight excluding hydrogens is 513 g/mol. The Morgan fingerprint density at radius 3 is 2.00 bits per heavy atom. The highest BCUT2D eigenvalue weighted by Crippen LogP contribution is 2.13. The highest BCUT2D eigenvalue weighted by Gasteiger charge is 2.32.